The van der Waals surface area contributed by atoms with Crippen molar-refractivity contribution in [3.8, 4) is 11.5 Å². The fourth-order valence-electron chi connectivity index (χ4n) is 1.62. The van der Waals surface area contributed by atoms with Crippen molar-refractivity contribution in [2.75, 3.05) is 0 Å². The summed E-state index contributed by atoms with van der Waals surface area (Å²) in [7, 11) is 0. The van der Waals surface area contributed by atoms with Crippen LogP contribution in [0.4, 0.5) is 4.39 Å². The Morgan fingerprint density at radius 3 is 2.16 bits per heavy atom. The topological polar surface area (TPSA) is 35.2 Å². The molecule has 2 rings (SSSR count). The third kappa shape index (κ3) is 3.55. The van der Waals surface area contributed by atoms with Crippen LogP contribution < -0.4 is 10.5 Å². The first-order valence-corrected chi connectivity index (χ1v) is 7.24. The lowest BCUT2D eigenvalue weighted by Crippen LogP contribution is -2.05. The van der Waals surface area contributed by atoms with E-state index in [9.17, 15) is 4.39 Å². The highest BCUT2D eigenvalue weighted by atomic mass is 79.9. The predicted molar refractivity (Wildman–Crippen MR) is 80.9 cm³/mol. The van der Waals surface area contributed by atoms with Gasteiger partial charge >= 0.3 is 0 Å². The van der Waals surface area contributed by atoms with E-state index in [4.69, 9.17) is 10.5 Å². The maximum atomic E-state index is 13.1. The van der Waals surface area contributed by atoms with Crippen molar-refractivity contribution >= 4 is 31.9 Å². The number of halogens is 3. The molecule has 0 heterocycles. The summed E-state index contributed by atoms with van der Waals surface area (Å²) in [5.41, 5.74) is 6.84. The van der Waals surface area contributed by atoms with Crippen LogP contribution in [0.15, 0.2) is 45.3 Å². The van der Waals surface area contributed by atoms with Crippen molar-refractivity contribution in [3.05, 3.63) is 56.7 Å². The van der Waals surface area contributed by atoms with Gasteiger partial charge in [-0.3, -0.25) is 0 Å². The van der Waals surface area contributed by atoms with Crippen molar-refractivity contribution in [2.24, 2.45) is 5.73 Å². The third-order valence-electron chi connectivity index (χ3n) is 2.59. The van der Waals surface area contributed by atoms with Crippen LogP contribution >= 0.6 is 31.9 Å². The van der Waals surface area contributed by atoms with E-state index in [2.05, 4.69) is 31.9 Å². The summed E-state index contributed by atoms with van der Waals surface area (Å²) in [6.07, 6.45) is 0. The Hall–Kier alpha value is -0.910. The highest BCUT2D eigenvalue weighted by molar-refractivity contribution is 9.10. The van der Waals surface area contributed by atoms with Gasteiger partial charge in [0.25, 0.3) is 0 Å². The number of hydrogen-bond acceptors (Lipinski definition) is 2. The Morgan fingerprint density at radius 1 is 1.05 bits per heavy atom. The zero-order chi connectivity index (χ0) is 14.0. The summed E-state index contributed by atoms with van der Waals surface area (Å²) >= 11 is 6.58. The van der Waals surface area contributed by atoms with Gasteiger partial charge in [0.15, 0.2) is 0 Å². The van der Waals surface area contributed by atoms with Gasteiger partial charge in [-0.25, -0.2) is 4.39 Å². The van der Waals surface area contributed by atoms with Crippen LogP contribution in [0.1, 0.15) is 18.5 Å². The monoisotopic (exact) mass is 387 g/mol. The smallest absolute Gasteiger partial charge is 0.137 e. The molecule has 0 fully saturated rings. The molecule has 0 spiro atoms. The molecule has 0 aliphatic heterocycles. The van der Waals surface area contributed by atoms with Crippen molar-refractivity contribution in [1.29, 1.82) is 0 Å². The molecule has 0 radical (unpaired) electrons. The van der Waals surface area contributed by atoms with E-state index in [0.717, 1.165) is 10.0 Å². The van der Waals surface area contributed by atoms with Crippen LogP contribution in [0.2, 0.25) is 0 Å². The van der Waals surface area contributed by atoms with Crippen LogP contribution in [-0.2, 0) is 0 Å². The van der Waals surface area contributed by atoms with Gasteiger partial charge in [0.1, 0.15) is 17.3 Å². The maximum Gasteiger partial charge on any atom is 0.137 e. The first-order valence-electron chi connectivity index (χ1n) is 5.65. The molecule has 2 aromatic carbocycles. The van der Waals surface area contributed by atoms with Crippen molar-refractivity contribution in [3.63, 3.8) is 0 Å². The van der Waals surface area contributed by atoms with E-state index in [1.807, 2.05) is 25.1 Å². The average molecular weight is 389 g/mol. The molecule has 0 amide bonds. The molecule has 2 nitrogen and oxygen atoms in total. The predicted octanol–water partition coefficient (Wildman–Crippen LogP) is 5.16. The minimum Gasteiger partial charge on any atom is -0.457 e. The molecule has 0 saturated heterocycles. The Labute approximate surface area is 128 Å². The zero-order valence-electron chi connectivity index (χ0n) is 10.2. The standard InChI is InChI=1S/C14H12Br2FNO/c1-8(18)11-4-2-9(6-12(11)15)19-10-3-5-14(17)13(16)7-10/h2-8H,18H2,1H3/t8-/m1/s1. The molecule has 0 aliphatic rings. The molecule has 0 bridgehead atoms. The van der Waals surface area contributed by atoms with Gasteiger partial charge in [-0.1, -0.05) is 22.0 Å². The van der Waals surface area contributed by atoms with E-state index in [1.54, 1.807) is 12.1 Å². The van der Waals surface area contributed by atoms with Gasteiger partial charge in [-0.2, -0.15) is 0 Å². The summed E-state index contributed by atoms with van der Waals surface area (Å²) in [5, 5.41) is 0. The van der Waals surface area contributed by atoms with Gasteiger partial charge in [-0.15, -0.1) is 0 Å². The number of hydrogen-bond donors (Lipinski definition) is 1. The second-order valence-corrected chi connectivity index (χ2v) is 5.86. The molecule has 2 N–H and O–H groups in total. The minimum absolute atomic E-state index is 0.0524. The SMILES string of the molecule is C[C@@H](N)c1ccc(Oc2ccc(F)c(Br)c2)cc1Br. The normalized spacial score (nSPS) is 12.3. The van der Waals surface area contributed by atoms with Gasteiger partial charge in [-0.05, 0) is 58.7 Å². The molecule has 0 aromatic heterocycles. The van der Waals surface area contributed by atoms with Crippen molar-refractivity contribution in [1.82, 2.24) is 0 Å². The Balaban J connectivity index is 2.24. The summed E-state index contributed by atoms with van der Waals surface area (Å²) in [4.78, 5) is 0. The molecule has 0 saturated carbocycles. The fourth-order valence-corrected chi connectivity index (χ4v) is 2.69. The number of rotatable bonds is 3. The van der Waals surface area contributed by atoms with Crippen LogP contribution in [0.5, 0.6) is 11.5 Å². The van der Waals surface area contributed by atoms with E-state index < -0.39 is 0 Å². The molecule has 5 heteroatoms. The summed E-state index contributed by atoms with van der Waals surface area (Å²) in [6, 6.07) is 10.0. The number of nitrogens with two attached hydrogens (primary N) is 1. The van der Waals surface area contributed by atoms with Crippen LogP contribution in [0, 0.1) is 5.82 Å². The molecule has 100 valence electrons. The summed E-state index contributed by atoms with van der Waals surface area (Å²) < 4.78 is 20.0. The third-order valence-corrected chi connectivity index (χ3v) is 3.88. The lowest BCUT2D eigenvalue weighted by molar-refractivity contribution is 0.479. The molecule has 0 unspecified atom stereocenters. The molecule has 19 heavy (non-hydrogen) atoms. The van der Waals surface area contributed by atoms with E-state index in [-0.39, 0.29) is 11.9 Å². The molecular weight excluding hydrogens is 377 g/mol. The largest absolute Gasteiger partial charge is 0.457 e. The number of ether oxygens (including phenoxy) is 1. The van der Waals surface area contributed by atoms with E-state index in [1.165, 1.54) is 6.07 Å². The summed E-state index contributed by atoms with van der Waals surface area (Å²) in [6.45, 7) is 1.91. The second-order valence-electron chi connectivity index (χ2n) is 4.15. The van der Waals surface area contributed by atoms with Gasteiger partial charge < -0.3 is 10.5 Å². The Morgan fingerprint density at radius 2 is 1.63 bits per heavy atom. The zero-order valence-corrected chi connectivity index (χ0v) is 13.3. The molecule has 2 aromatic rings. The molecule has 0 aliphatic carbocycles. The highest BCUT2D eigenvalue weighted by Crippen LogP contribution is 2.31. The van der Waals surface area contributed by atoms with Crippen LogP contribution in [0.3, 0.4) is 0 Å². The lowest BCUT2D eigenvalue weighted by Gasteiger charge is -2.11. The summed E-state index contributed by atoms with van der Waals surface area (Å²) in [5.74, 6) is 0.907. The van der Waals surface area contributed by atoms with Gasteiger partial charge in [0, 0.05) is 10.5 Å². The maximum absolute atomic E-state index is 13.1. The molecule has 1 atom stereocenters. The van der Waals surface area contributed by atoms with Crippen molar-refractivity contribution < 1.29 is 9.13 Å². The van der Waals surface area contributed by atoms with Gasteiger partial charge in [0.05, 0.1) is 4.47 Å². The second kappa shape index (κ2) is 6.03. The quantitative estimate of drug-likeness (QED) is 0.787. The minimum atomic E-state index is -0.319. The Kier molecular flexibility index (Phi) is 4.60. The van der Waals surface area contributed by atoms with E-state index >= 15 is 0 Å². The first-order chi connectivity index (χ1) is 8.97. The highest BCUT2D eigenvalue weighted by Gasteiger charge is 2.07. The Bertz CT molecular complexity index is 602. The lowest BCUT2D eigenvalue weighted by atomic mass is 10.1. The molecular formula is C14H12Br2FNO. The first kappa shape index (κ1) is 14.5. The van der Waals surface area contributed by atoms with Crippen LogP contribution in [0.25, 0.3) is 0 Å². The average Bonchev–Trinajstić information content (AvgIpc) is 2.33. The van der Waals surface area contributed by atoms with Crippen LogP contribution in [-0.4, -0.2) is 0 Å². The van der Waals surface area contributed by atoms with E-state index in [0.29, 0.717) is 16.0 Å². The van der Waals surface area contributed by atoms with Gasteiger partial charge in [0.2, 0.25) is 0 Å². The fraction of sp³-hybridized carbons (Fsp3) is 0.143. The van der Waals surface area contributed by atoms with Crippen molar-refractivity contribution in [2.45, 2.75) is 13.0 Å². The number of benzene rings is 2.